The predicted octanol–water partition coefficient (Wildman–Crippen LogP) is 1.73. The maximum absolute atomic E-state index is 9.67. The lowest BCUT2D eigenvalue weighted by Crippen LogP contribution is -2.34. The second kappa shape index (κ2) is 5.33. The smallest absolute Gasteiger partial charge is 0.0715 e. The first-order chi connectivity index (χ1) is 8.56. The van der Waals surface area contributed by atoms with Gasteiger partial charge >= 0.3 is 0 Å². The molecule has 0 fully saturated rings. The van der Waals surface area contributed by atoms with Crippen LogP contribution in [0.1, 0.15) is 19.4 Å². The summed E-state index contributed by atoms with van der Waals surface area (Å²) in [7, 11) is 0. The Hall–Kier alpha value is -1.65. The van der Waals surface area contributed by atoms with Gasteiger partial charge in [-0.05, 0) is 31.5 Å². The van der Waals surface area contributed by atoms with Gasteiger partial charge in [0.25, 0.3) is 0 Å². The molecule has 0 saturated carbocycles. The number of nitrogens with zero attached hydrogens (tertiary/aromatic N) is 2. The zero-order chi connectivity index (χ0) is 13.0. The van der Waals surface area contributed by atoms with E-state index in [0.717, 1.165) is 11.3 Å². The molecule has 2 rings (SSSR count). The molecular weight excluding hydrogens is 226 g/mol. The van der Waals surface area contributed by atoms with E-state index in [1.165, 1.54) is 0 Å². The largest absolute Gasteiger partial charge is 0.389 e. The Kier molecular flexibility index (Phi) is 3.79. The molecule has 0 unspecified atom stereocenters. The molecule has 0 saturated heterocycles. The molecule has 4 heteroatoms. The van der Waals surface area contributed by atoms with Gasteiger partial charge in [-0.3, -0.25) is 0 Å². The number of hydrogen-bond acceptors (Lipinski definition) is 3. The normalized spacial score (nSPS) is 11.7. The van der Waals surface area contributed by atoms with E-state index in [9.17, 15) is 5.11 Å². The van der Waals surface area contributed by atoms with E-state index in [4.69, 9.17) is 0 Å². The van der Waals surface area contributed by atoms with Crippen molar-refractivity contribution < 1.29 is 5.11 Å². The number of benzene rings is 1. The summed E-state index contributed by atoms with van der Waals surface area (Å²) in [6, 6.07) is 10.0. The van der Waals surface area contributed by atoms with Crippen LogP contribution in [-0.2, 0) is 6.54 Å². The minimum atomic E-state index is -0.694. The molecule has 1 heterocycles. The molecule has 0 aliphatic carbocycles. The first kappa shape index (κ1) is 12.8. The van der Waals surface area contributed by atoms with Gasteiger partial charge in [-0.15, -0.1) is 0 Å². The first-order valence-corrected chi connectivity index (χ1v) is 6.07. The van der Waals surface area contributed by atoms with Gasteiger partial charge in [-0.2, -0.15) is 5.10 Å². The zero-order valence-corrected chi connectivity index (χ0v) is 10.8. The molecule has 0 radical (unpaired) electrons. The third-order valence-corrected chi connectivity index (χ3v) is 2.62. The zero-order valence-electron chi connectivity index (χ0n) is 10.8. The second-order valence-corrected chi connectivity index (χ2v) is 5.00. The third-order valence-electron chi connectivity index (χ3n) is 2.62. The van der Waals surface area contributed by atoms with E-state index in [1.54, 1.807) is 20.0 Å². The van der Waals surface area contributed by atoms with E-state index in [-0.39, 0.29) is 0 Å². The molecule has 4 nitrogen and oxygen atoms in total. The molecule has 0 amide bonds. The van der Waals surface area contributed by atoms with E-state index in [1.807, 2.05) is 35.1 Å². The van der Waals surface area contributed by atoms with Crippen molar-refractivity contribution in [3.63, 3.8) is 0 Å². The molecule has 0 atom stereocenters. The maximum Gasteiger partial charge on any atom is 0.0715 e. The Labute approximate surface area is 107 Å². The van der Waals surface area contributed by atoms with Gasteiger partial charge in [0, 0.05) is 25.5 Å². The van der Waals surface area contributed by atoms with E-state index < -0.39 is 5.60 Å². The highest BCUT2D eigenvalue weighted by molar-refractivity contribution is 5.40. The van der Waals surface area contributed by atoms with Crippen LogP contribution < -0.4 is 5.32 Å². The van der Waals surface area contributed by atoms with E-state index in [2.05, 4.69) is 16.5 Å². The number of hydrogen-bond donors (Lipinski definition) is 2. The highest BCUT2D eigenvalue weighted by Gasteiger charge is 2.12. The molecular formula is C14H19N3O. The summed E-state index contributed by atoms with van der Waals surface area (Å²) in [6.45, 7) is 4.85. The number of aliphatic hydroxyl groups is 1. The highest BCUT2D eigenvalue weighted by atomic mass is 16.3. The fraction of sp³-hybridized carbons (Fsp3) is 0.357. The van der Waals surface area contributed by atoms with Gasteiger partial charge in [0.05, 0.1) is 11.3 Å². The standard InChI is InChI=1S/C14H19N3O/c1-14(2,18)11-15-10-12-6-3-4-7-13(12)17-9-5-8-16-17/h3-9,15,18H,10-11H2,1-2H3. The lowest BCUT2D eigenvalue weighted by atomic mass is 10.1. The van der Waals surface area contributed by atoms with Crippen molar-refractivity contribution in [3.05, 3.63) is 48.3 Å². The lowest BCUT2D eigenvalue weighted by Gasteiger charge is -2.18. The molecule has 0 spiro atoms. The molecule has 0 aliphatic heterocycles. The molecule has 2 aromatic rings. The third kappa shape index (κ3) is 3.42. The summed E-state index contributed by atoms with van der Waals surface area (Å²) < 4.78 is 1.85. The Morgan fingerprint density at radius 3 is 2.72 bits per heavy atom. The summed E-state index contributed by atoms with van der Waals surface area (Å²) in [5.74, 6) is 0. The van der Waals surface area contributed by atoms with Crippen molar-refractivity contribution in [2.45, 2.75) is 26.0 Å². The summed E-state index contributed by atoms with van der Waals surface area (Å²) in [5.41, 5.74) is 1.52. The predicted molar refractivity (Wildman–Crippen MR) is 71.6 cm³/mol. The van der Waals surface area contributed by atoms with Crippen molar-refractivity contribution in [1.82, 2.24) is 15.1 Å². The van der Waals surface area contributed by atoms with Gasteiger partial charge < -0.3 is 10.4 Å². The van der Waals surface area contributed by atoms with E-state index >= 15 is 0 Å². The van der Waals surface area contributed by atoms with Crippen molar-refractivity contribution in [2.24, 2.45) is 0 Å². The number of aromatic nitrogens is 2. The number of para-hydroxylation sites is 1. The monoisotopic (exact) mass is 245 g/mol. The topological polar surface area (TPSA) is 50.1 Å². The van der Waals surface area contributed by atoms with Crippen molar-refractivity contribution in [1.29, 1.82) is 0 Å². The van der Waals surface area contributed by atoms with Gasteiger partial charge in [0.2, 0.25) is 0 Å². The fourth-order valence-corrected chi connectivity index (χ4v) is 1.80. The number of nitrogens with one attached hydrogen (secondary N) is 1. The fourth-order valence-electron chi connectivity index (χ4n) is 1.80. The summed E-state index contributed by atoms with van der Waals surface area (Å²) in [6.07, 6.45) is 3.69. The van der Waals surface area contributed by atoms with Crippen LogP contribution in [0.4, 0.5) is 0 Å². The van der Waals surface area contributed by atoms with Crippen LogP contribution >= 0.6 is 0 Å². The SMILES string of the molecule is CC(C)(O)CNCc1ccccc1-n1cccn1. The average Bonchev–Trinajstić information content (AvgIpc) is 2.81. The van der Waals surface area contributed by atoms with Crippen LogP contribution in [0, 0.1) is 0 Å². The number of rotatable bonds is 5. The molecule has 96 valence electrons. The molecule has 0 bridgehead atoms. The highest BCUT2D eigenvalue weighted by Crippen LogP contribution is 2.13. The minimum absolute atomic E-state index is 0.556. The van der Waals surface area contributed by atoms with Crippen LogP contribution in [0.25, 0.3) is 5.69 Å². The van der Waals surface area contributed by atoms with Crippen molar-refractivity contribution in [2.75, 3.05) is 6.54 Å². The lowest BCUT2D eigenvalue weighted by molar-refractivity contribution is 0.0795. The van der Waals surface area contributed by atoms with Crippen LogP contribution in [-0.4, -0.2) is 27.0 Å². The van der Waals surface area contributed by atoms with Gasteiger partial charge in [-0.25, -0.2) is 4.68 Å². The van der Waals surface area contributed by atoms with Crippen molar-refractivity contribution in [3.8, 4) is 5.69 Å². The maximum atomic E-state index is 9.67. The molecule has 0 aliphatic rings. The average molecular weight is 245 g/mol. The van der Waals surface area contributed by atoms with Crippen LogP contribution in [0.2, 0.25) is 0 Å². The second-order valence-electron chi connectivity index (χ2n) is 5.00. The summed E-state index contributed by atoms with van der Waals surface area (Å²) >= 11 is 0. The Morgan fingerprint density at radius 2 is 2.06 bits per heavy atom. The molecule has 1 aromatic carbocycles. The van der Waals surface area contributed by atoms with Crippen molar-refractivity contribution >= 4 is 0 Å². The van der Waals surface area contributed by atoms with Crippen LogP contribution in [0.3, 0.4) is 0 Å². The molecule has 2 N–H and O–H groups in total. The Bertz CT molecular complexity index is 486. The van der Waals surface area contributed by atoms with Gasteiger partial charge in [-0.1, -0.05) is 18.2 Å². The minimum Gasteiger partial charge on any atom is -0.389 e. The van der Waals surface area contributed by atoms with E-state index in [0.29, 0.717) is 13.1 Å². The molecule has 1 aromatic heterocycles. The van der Waals surface area contributed by atoms with Gasteiger partial charge in [0.15, 0.2) is 0 Å². The quantitative estimate of drug-likeness (QED) is 0.843. The summed E-state index contributed by atoms with van der Waals surface area (Å²) in [5, 5.41) is 17.2. The Morgan fingerprint density at radius 1 is 1.28 bits per heavy atom. The van der Waals surface area contributed by atoms with Crippen LogP contribution in [0.15, 0.2) is 42.7 Å². The summed E-state index contributed by atoms with van der Waals surface area (Å²) in [4.78, 5) is 0. The van der Waals surface area contributed by atoms with Gasteiger partial charge in [0.1, 0.15) is 0 Å². The first-order valence-electron chi connectivity index (χ1n) is 6.07. The Balaban J connectivity index is 2.09. The molecule has 18 heavy (non-hydrogen) atoms. The van der Waals surface area contributed by atoms with Crippen LogP contribution in [0.5, 0.6) is 0 Å².